The third-order valence-corrected chi connectivity index (χ3v) is 10.7. The lowest BCUT2D eigenvalue weighted by molar-refractivity contribution is -0.143. The summed E-state index contributed by atoms with van der Waals surface area (Å²) in [6, 6.07) is -0.561. The molecule has 1 amide bonds. The van der Waals surface area contributed by atoms with Gasteiger partial charge >= 0.3 is 5.97 Å². The molecule has 0 aliphatic carbocycles. The monoisotopic (exact) mass is 774 g/mol. The lowest BCUT2D eigenvalue weighted by atomic mass is 10.0. The van der Waals surface area contributed by atoms with Crippen molar-refractivity contribution >= 4 is 11.9 Å². The highest BCUT2D eigenvalue weighted by Gasteiger charge is 2.20. The molecule has 0 aliphatic rings. The maximum absolute atomic E-state index is 12.4. The van der Waals surface area contributed by atoms with Gasteiger partial charge in [-0.05, 0) is 83.5 Å². The SMILES string of the molecule is CCCCC/C=C\C/C=C\CCCCCCCCCC(=O)OCCCC/C=C\CCCCCCCC(=O)NC(CO)C(O)CCCCCCCCCCCC. The Morgan fingerprint density at radius 2 is 0.909 bits per heavy atom. The number of rotatable bonds is 43. The van der Waals surface area contributed by atoms with Gasteiger partial charge in [-0.25, -0.2) is 0 Å². The van der Waals surface area contributed by atoms with E-state index in [1.54, 1.807) is 0 Å². The first-order valence-corrected chi connectivity index (χ1v) is 23.7. The van der Waals surface area contributed by atoms with Gasteiger partial charge in [0.25, 0.3) is 0 Å². The van der Waals surface area contributed by atoms with E-state index in [-0.39, 0.29) is 18.5 Å². The smallest absolute Gasteiger partial charge is 0.305 e. The fourth-order valence-corrected chi connectivity index (χ4v) is 6.96. The third kappa shape index (κ3) is 41.5. The van der Waals surface area contributed by atoms with E-state index in [0.717, 1.165) is 89.9 Å². The molecular weight excluding hydrogens is 683 g/mol. The number of carbonyl (C=O) groups excluding carboxylic acids is 2. The van der Waals surface area contributed by atoms with Gasteiger partial charge < -0.3 is 20.3 Å². The summed E-state index contributed by atoms with van der Waals surface area (Å²) in [5.74, 6) is -0.108. The lowest BCUT2D eigenvalue weighted by Gasteiger charge is -2.22. The Kier molecular flexibility index (Phi) is 43.2. The molecule has 0 aromatic carbocycles. The Balaban J connectivity index is 3.52. The first kappa shape index (κ1) is 53.1. The van der Waals surface area contributed by atoms with Crippen molar-refractivity contribution in [3.8, 4) is 0 Å². The zero-order valence-electron chi connectivity index (χ0n) is 36.4. The quantitative estimate of drug-likeness (QED) is 0.0326. The number of ether oxygens (including phenoxy) is 1. The van der Waals surface area contributed by atoms with E-state index in [1.807, 2.05) is 0 Å². The predicted octanol–water partition coefficient (Wildman–Crippen LogP) is 13.7. The minimum Gasteiger partial charge on any atom is -0.466 e. The van der Waals surface area contributed by atoms with Crippen LogP contribution < -0.4 is 5.32 Å². The van der Waals surface area contributed by atoms with Crippen molar-refractivity contribution in [2.45, 2.75) is 251 Å². The predicted molar refractivity (Wildman–Crippen MR) is 236 cm³/mol. The molecule has 2 atom stereocenters. The Hall–Kier alpha value is -1.92. The molecule has 3 N–H and O–H groups in total. The number of nitrogens with one attached hydrogen (secondary N) is 1. The summed E-state index contributed by atoms with van der Waals surface area (Å²) in [4.78, 5) is 24.4. The molecule has 0 rings (SSSR count). The van der Waals surface area contributed by atoms with Crippen LogP contribution in [0.1, 0.15) is 239 Å². The Morgan fingerprint density at radius 3 is 1.44 bits per heavy atom. The number of hydrogen-bond donors (Lipinski definition) is 3. The molecule has 0 aliphatic heterocycles. The minimum atomic E-state index is -0.681. The number of aliphatic hydroxyl groups excluding tert-OH is 2. The van der Waals surface area contributed by atoms with E-state index in [2.05, 4.69) is 55.6 Å². The molecule has 6 nitrogen and oxygen atoms in total. The van der Waals surface area contributed by atoms with Crippen molar-refractivity contribution in [3.05, 3.63) is 36.5 Å². The molecule has 2 unspecified atom stereocenters. The fraction of sp³-hybridized carbons (Fsp3) is 0.837. The second kappa shape index (κ2) is 44.8. The molecule has 0 saturated carbocycles. The van der Waals surface area contributed by atoms with Crippen LogP contribution in [0.2, 0.25) is 0 Å². The average molecular weight is 774 g/mol. The topological polar surface area (TPSA) is 95.9 Å². The summed E-state index contributed by atoms with van der Waals surface area (Å²) >= 11 is 0. The fourth-order valence-electron chi connectivity index (χ4n) is 6.96. The minimum absolute atomic E-state index is 0.0401. The molecule has 0 bridgehead atoms. The van der Waals surface area contributed by atoms with Crippen molar-refractivity contribution in [2.24, 2.45) is 0 Å². The van der Waals surface area contributed by atoms with Gasteiger partial charge in [-0.2, -0.15) is 0 Å². The molecule has 0 spiro atoms. The van der Waals surface area contributed by atoms with E-state index in [4.69, 9.17) is 4.74 Å². The zero-order chi connectivity index (χ0) is 40.1. The van der Waals surface area contributed by atoms with Gasteiger partial charge in [-0.15, -0.1) is 0 Å². The van der Waals surface area contributed by atoms with Gasteiger partial charge in [-0.1, -0.05) is 179 Å². The normalized spacial score (nSPS) is 13.0. The molecule has 0 saturated heterocycles. The summed E-state index contributed by atoms with van der Waals surface area (Å²) in [6.07, 6.45) is 52.5. The summed E-state index contributed by atoms with van der Waals surface area (Å²) in [5.41, 5.74) is 0. The first-order chi connectivity index (χ1) is 27.0. The van der Waals surface area contributed by atoms with Gasteiger partial charge in [0.15, 0.2) is 0 Å². The number of esters is 1. The van der Waals surface area contributed by atoms with Crippen LogP contribution in [0.15, 0.2) is 36.5 Å². The Bertz CT molecular complexity index is 900. The van der Waals surface area contributed by atoms with Crippen molar-refractivity contribution < 1.29 is 24.5 Å². The molecular formula is C49H91NO5. The van der Waals surface area contributed by atoms with Gasteiger partial charge in [-0.3, -0.25) is 9.59 Å². The van der Waals surface area contributed by atoms with E-state index in [1.165, 1.54) is 116 Å². The first-order valence-electron chi connectivity index (χ1n) is 23.7. The molecule has 6 heteroatoms. The summed E-state index contributed by atoms with van der Waals surface area (Å²) < 4.78 is 5.43. The molecule has 0 fully saturated rings. The van der Waals surface area contributed by atoms with Crippen LogP contribution in [0.5, 0.6) is 0 Å². The highest BCUT2D eigenvalue weighted by Crippen LogP contribution is 2.15. The highest BCUT2D eigenvalue weighted by molar-refractivity contribution is 5.76. The van der Waals surface area contributed by atoms with Crippen LogP contribution in [0.4, 0.5) is 0 Å². The van der Waals surface area contributed by atoms with Crippen LogP contribution in [-0.4, -0.2) is 47.4 Å². The Labute approximate surface area is 341 Å². The van der Waals surface area contributed by atoms with Gasteiger partial charge in [0.05, 0.1) is 25.4 Å². The number of carbonyl (C=O) groups is 2. The molecule has 55 heavy (non-hydrogen) atoms. The second-order valence-corrected chi connectivity index (χ2v) is 16.1. The van der Waals surface area contributed by atoms with Gasteiger partial charge in [0.2, 0.25) is 5.91 Å². The molecule has 0 heterocycles. The number of amides is 1. The van der Waals surface area contributed by atoms with E-state index in [0.29, 0.717) is 25.9 Å². The van der Waals surface area contributed by atoms with Crippen LogP contribution in [0, 0.1) is 0 Å². The molecule has 0 aromatic rings. The van der Waals surface area contributed by atoms with Crippen molar-refractivity contribution in [1.82, 2.24) is 5.32 Å². The van der Waals surface area contributed by atoms with Crippen LogP contribution in [0.3, 0.4) is 0 Å². The van der Waals surface area contributed by atoms with Crippen molar-refractivity contribution in [2.75, 3.05) is 13.2 Å². The number of allylic oxidation sites excluding steroid dienone is 6. The summed E-state index contributed by atoms with van der Waals surface area (Å²) in [5, 5.41) is 23.0. The van der Waals surface area contributed by atoms with E-state index < -0.39 is 12.1 Å². The number of unbranched alkanes of at least 4 members (excludes halogenated alkanes) is 26. The molecule has 0 radical (unpaired) electrons. The van der Waals surface area contributed by atoms with Gasteiger partial charge in [0, 0.05) is 12.8 Å². The highest BCUT2D eigenvalue weighted by atomic mass is 16.5. The maximum Gasteiger partial charge on any atom is 0.305 e. The van der Waals surface area contributed by atoms with Crippen molar-refractivity contribution in [1.29, 1.82) is 0 Å². The third-order valence-electron chi connectivity index (χ3n) is 10.7. The van der Waals surface area contributed by atoms with E-state index in [9.17, 15) is 19.8 Å². The molecule has 0 aromatic heterocycles. The summed E-state index contributed by atoms with van der Waals surface area (Å²) in [6.45, 7) is 4.82. The zero-order valence-corrected chi connectivity index (χ0v) is 36.4. The standard InChI is InChI=1S/C49H91NO5/c1-3-5-7-9-11-13-15-16-17-18-19-20-23-27-31-35-39-43-49(54)55-44-40-36-32-28-24-21-22-26-30-34-38-42-48(53)50-46(45-51)47(52)41-37-33-29-25-14-12-10-8-6-4-2/h11,13,16-17,24,28,46-47,51-52H,3-10,12,14-15,18-23,25-27,29-45H2,1-2H3,(H,50,53)/b13-11-,17-16-,28-24-. The van der Waals surface area contributed by atoms with Crippen molar-refractivity contribution in [3.63, 3.8) is 0 Å². The maximum atomic E-state index is 12.4. The Morgan fingerprint density at radius 1 is 0.509 bits per heavy atom. The number of aliphatic hydroxyl groups is 2. The van der Waals surface area contributed by atoms with Crippen LogP contribution in [0.25, 0.3) is 0 Å². The van der Waals surface area contributed by atoms with Crippen LogP contribution in [-0.2, 0) is 14.3 Å². The lowest BCUT2D eigenvalue weighted by Crippen LogP contribution is -2.45. The molecule has 322 valence electrons. The summed E-state index contributed by atoms with van der Waals surface area (Å²) in [7, 11) is 0. The number of hydrogen-bond acceptors (Lipinski definition) is 5. The second-order valence-electron chi connectivity index (χ2n) is 16.1. The largest absolute Gasteiger partial charge is 0.466 e. The van der Waals surface area contributed by atoms with Gasteiger partial charge in [0.1, 0.15) is 0 Å². The van der Waals surface area contributed by atoms with E-state index >= 15 is 0 Å². The van der Waals surface area contributed by atoms with Crippen LogP contribution >= 0.6 is 0 Å². The average Bonchev–Trinajstić information content (AvgIpc) is 3.18.